The molecule has 1 aliphatic heterocycles. The second-order valence-electron chi connectivity index (χ2n) is 4.47. The summed E-state index contributed by atoms with van der Waals surface area (Å²) in [5, 5.41) is 9.39. The third-order valence-electron chi connectivity index (χ3n) is 3.06. The Balaban J connectivity index is 1.98. The van der Waals surface area contributed by atoms with E-state index in [1.807, 2.05) is 18.2 Å². The van der Waals surface area contributed by atoms with Gasteiger partial charge in [-0.15, -0.1) is 0 Å². The minimum absolute atomic E-state index is 0.0651. The molecule has 0 saturated carbocycles. The number of rotatable bonds is 3. The van der Waals surface area contributed by atoms with Gasteiger partial charge in [-0.3, -0.25) is 4.79 Å². The third-order valence-corrected chi connectivity index (χ3v) is 3.06. The van der Waals surface area contributed by atoms with Crippen molar-refractivity contribution in [1.82, 2.24) is 4.90 Å². The van der Waals surface area contributed by atoms with Crippen LogP contribution in [0.4, 0.5) is 0 Å². The molecule has 1 amide bonds. The summed E-state index contributed by atoms with van der Waals surface area (Å²) in [7, 11) is 0. The van der Waals surface area contributed by atoms with Gasteiger partial charge in [0.05, 0.1) is 12.5 Å². The summed E-state index contributed by atoms with van der Waals surface area (Å²) in [6, 6.07) is 10.1. The Kier molecular flexibility index (Phi) is 3.25. The van der Waals surface area contributed by atoms with Crippen molar-refractivity contribution in [2.45, 2.75) is 25.4 Å². The number of carbonyl (C=O) groups excluding carboxylic acids is 1. The highest BCUT2D eigenvalue weighted by Crippen LogP contribution is 2.19. The van der Waals surface area contributed by atoms with Crippen LogP contribution in [0.3, 0.4) is 0 Å². The van der Waals surface area contributed by atoms with E-state index in [0.29, 0.717) is 19.0 Å². The first-order valence-electron chi connectivity index (χ1n) is 5.67. The predicted octanol–water partition coefficient (Wildman–Crippen LogP) is 1.38. The number of aliphatic hydroxyl groups is 1. The summed E-state index contributed by atoms with van der Waals surface area (Å²) in [4.78, 5) is 13.3. The van der Waals surface area contributed by atoms with Gasteiger partial charge >= 0.3 is 0 Å². The molecule has 2 atom stereocenters. The van der Waals surface area contributed by atoms with Crippen molar-refractivity contribution in [1.29, 1.82) is 0 Å². The quantitative estimate of drug-likeness (QED) is 0.834. The third kappa shape index (κ3) is 2.42. The summed E-state index contributed by atoms with van der Waals surface area (Å²) in [5.74, 6) is 0.380. The maximum Gasteiger partial charge on any atom is 0.225 e. The van der Waals surface area contributed by atoms with Gasteiger partial charge in [0.2, 0.25) is 5.91 Å². The van der Waals surface area contributed by atoms with Gasteiger partial charge in [-0.1, -0.05) is 37.3 Å². The summed E-state index contributed by atoms with van der Waals surface area (Å²) in [5.41, 5.74) is 1.23. The van der Waals surface area contributed by atoms with E-state index >= 15 is 0 Å². The van der Waals surface area contributed by atoms with Gasteiger partial charge in [-0.05, 0) is 11.5 Å². The Morgan fingerprint density at radius 2 is 2.12 bits per heavy atom. The van der Waals surface area contributed by atoms with Crippen LogP contribution in [0.5, 0.6) is 0 Å². The van der Waals surface area contributed by atoms with Crippen molar-refractivity contribution in [3.63, 3.8) is 0 Å². The molecular formula is C13H17NO2. The molecule has 1 N–H and O–H groups in total. The first-order valence-corrected chi connectivity index (χ1v) is 5.67. The van der Waals surface area contributed by atoms with Gasteiger partial charge in [0.25, 0.3) is 0 Å². The minimum Gasteiger partial charge on any atom is -0.391 e. The Morgan fingerprint density at radius 3 is 2.69 bits per heavy atom. The number of hydrogen-bond donors (Lipinski definition) is 1. The highest BCUT2D eigenvalue weighted by Gasteiger charge is 2.28. The van der Waals surface area contributed by atoms with E-state index in [1.165, 1.54) is 5.56 Å². The fraction of sp³-hybridized carbons (Fsp3) is 0.462. The largest absolute Gasteiger partial charge is 0.391 e. The molecular weight excluding hydrogens is 202 g/mol. The lowest BCUT2D eigenvalue weighted by atomic mass is 10.0. The van der Waals surface area contributed by atoms with E-state index in [0.717, 1.165) is 0 Å². The summed E-state index contributed by atoms with van der Waals surface area (Å²) < 4.78 is 0. The van der Waals surface area contributed by atoms with Crippen molar-refractivity contribution < 1.29 is 9.90 Å². The zero-order chi connectivity index (χ0) is 11.5. The average molecular weight is 219 g/mol. The van der Waals surface area contributed by atoms with Crippen molar-refractivity contribution in [3.8, 4) is 0 Å². The predicted molar refractivity (Wildman–Crippen MR) is 62.1 cm³/mol. The molecule has 2 unspecified atom stereocenters. The maximum atomic E-state index is 11.5. The van der Waals surface area contributed by atoms with Gasteiger partial charge in [-0.2, -0.15) is 0 Å². The standard InChI is InChI=1S/C13H17NO2/c1-10(11-5-3-2-4-6-11)8-14-9-12(15)7-13(14)16/h2-6,10,12,15H,7-9H2,1H3. The molecule has 1 aromatic rings. The molecule has 1 fully saturated rings. The van der Waals surface area contributed by atoms with Gasteiger partial charge in [0.15, 0.2) is 0 Å². The topological polar surface area (TPSA) is 40.5 Å². The number of likely N-dealkylation sites (tertiary alicyclic amines) is 1. The first-order chi connectivity index (χ1) is 7.66. The molecule has 0 bridgehead atoms. The summed E-state index contributed by atoms with van der Waals surface area (Å²) >= 11 is 0. The lowest BCUT2D eigenvalue weighted by molar-refractivity contribution is -0.127. The van der Waals surface area contributed by atoms with E-state index < -0.39 is 6.10 Å². The highest BCUT2D eigenvalue weighted by atomic mass is 16.3. The van der Waals surface area contributed by atoms with Crippen LogP contribution in [0.25, 0.3) is 0 Å². The molecule has 86 valence electrons. The highest BCUT2D eigenvalue weighted by molar-refractivity contribution is 5.79. The number of β-amino-alcohol motifs (C(OH)–C–C–N with tert-alkyl or cyclic N) is 1. The van der Waals surface area contributed by atoms with Crippen LogP contribution in [-0.4, -0.2) is 35.1 Å². The molecule has 3 nitrogen and oxygen atoms in total. The van der Waals surface area contributed by atoms with E-state index in [2.05, 4.69) is 19.1 Å². The van der Waals surface area contributed by atoms with Crippen LogP contribution >= 0.6 is 0 Å². The molecule has 1 aromatic carbocycles. The molecule has 3 heteroatoms. The van der Waals surface area contributed by atoms with Gasteiger partial charge < -0.3 is 10.0 Å². The van der Waals surface area contributed by atoms with Crippen molar-refractivity contribution in [3.05, 3.63) is 35.9 Å². The van der Waals surface area contributed by atoms with E-state index in [9.17, 15) is 9.90 Å². The van der Waals surface area contributed by atoms with Crippen molar-refractivity contribution >= 4 is 5.91 Å². The fourth-order valence-electron chi connectivity index (χ4n) is 2.15. The number of carbonyl (C=O) groups is 1. The van der Waals surface area contributed by atoms with Crippen LogP contribution in [-0.2, 0) is 4.79 Å². The zero-order valence-corrected chi connectivity index (χ0v) is 9.47. The number of nitrogens with zero attached hydrogens (tertiary/aromatic N) is 1. The molecule has 0 spiro atoms. The number of hydrogen-bond acceptors (Lipinski definition) is 2. The number of benzene rings is 1. The Bertz CT molecular complexity index is 363. The lowest BCUT2D eigenvalue weighted by Crippen LogP contribution is -2.29. The maximum absolute atomic E-state index is 11.5. The van der Waals surface area contributed by atoms with E-state index in [4.69, 9.17) is 0 Å². The molecule has 0 radical (unpaired) electrons. The fourth-order valence-corrected chi connectivity index (χ4v) is 2.15. The van der Waals surface area contributed by atoms with E-state index in [1.54, 1.807) is 4.90 Å². The Labute approximate surface area is 95.7 Å². The van der Waals surface area contributed by atoms with Crippen LogP contribution in [0, 0.1) is 0 Å². The molecule has 16 heavy (non-hydrogen) atoms. The molecule has 0 aromatic heterocycles. The average Bonchev–Trinajstić information content (AvgIpc) is 2.59. The monoisotopic (exact) mass is 219 g/mol. The smallest absolute Gasteiger partial charge is 0.225 e. The van der Waals surface area contributed by atoms with Crippen LogP contribution in [0.1, 0.15) is 24.8 Å². The van der Waals surface area contributed by atoms with E-state index in [-0.39, 0.29) is 12.3 Å². The lowest BCUT2D eigenvalue weighted by Gasteiger charge is -2.21. The van der Waals surface area contributed by atoms with Crippen LogP contribution in [0.15, 0.2) is 30.3 Å². The van der Waals surface area contributed by atoms with Crippen LogP contribution in [0.2, 0.25) is 0 Å². The second-order valence-corrected chi connectivity index (χ2v) is 4.47. The molecule has 2 rings (SSSR count). The molecule has 1 heterocycles. The molecule has 0 aliphatic carbocycles. The van der Waals surface area contributed by atoms with Crippen molar-refractivity contribution in [2.24, 2.45) is 0 Å². The SMILES string of the molecule is CC(CN1CC(O)CC1=O)c1ccccc1. The molecule has 1 aliphatic rings. The first kappa shape index (κ1) is 11.1. The number of aliphatic hydroxyl groups excluding tert-OH is 1. The van der Waals surface area contributed by atoms with Gasteiger partial charge in [0.1, 0.15) is 0 Å². The van der Waals surface area contributed by atoms with Gasteiger partial charge in [0, 0.05) is 13.1 Å². The minimum atomic E-state index is -0.476. The summed E-state index contributed by atoms with van der Waals surface area (Å²) in [6.07, 6.45) is -0.197. The van der Waals surface area contributed by atoms with Crippen molar-refractivity contribution in [2.75, 3.05) is 13.1 Å². The van der Waals surface area contributed by atoms with Gasteiger partial charge in [-0.25, -0.2) is 0 Å². The van der Waals surface area contributed by atoms with Crippen LogP contribution < -0.4 is 0 Å². The zero-order valence-electron chi connectivity index (χ0n) is 9.47. The second kappa shape index (κ2) is 4.66. The molecule has 1 saturated heterocycles. The number of amides is 1. The normalized spacial score (nSPS) is 22.5. The summed E-state index contributed by atoms with van der Waals surface area (Å²) in [6.45, 7) is 3.28. The Hall–Kier alpha value is -1.35. The Morgan fingerprint density at radius 1 is 1.44 bits per heavy atom.